The third-order valence-corrected chi connectivity index (χ3v) is 5.53. The fourth-order valence-corrected chi connectivity index (χ4v) is 3.02. The summed E-state index contributed by atoms with van der Waals surface area (Å²) in [5.41, 5.74) is 5.12. The van der Waals surface area contributed by atoms with E-state index in [1.807, 2.05) is 53.8 Å². The number of aromatic nitrogens is 1. The zero-order valence-corrected chi connectivity index (χ0v) is 23.6. The summed E-state index contributed by atoms with van der Waals surface area (Å²) in [4.78, 5) is 16.1. The van der Waals surface area contributed by atoms with E-state index in [0.29, 0.717) is 0 Å². The van der Waals surface area contributed by atoms with Crippen LogP contribution in [-0.4, -0.2) is 15.9 Å². The number of carbonyl (C=O) groups is 1. The van der Waals surface area contributed by atoms with Crippen LogP contribution in [0.15, 0.2) is 54.4 Å². The van der Waals surface area contributed by atoms with Crippen molar-refractivity contribution in [2.24, 2.45) is 10.8 Å². The van der Waals surface area contributed by atoms with Crippen LogP contribution in [0.4, 0.5) is 0 Å². The van der Waals surface area contributed by atoms with Gasteiger partial charge in [0.25, 0.3) is 0 Å². The van der Waals surface area contributed by atoms with Gasteiger partial charge in [0.2, 0.25) is 0 Å². The number of allylic oxidation sites excluding steroid dienone is 2. The van der Waals surface area contributed by atoms with Gasteiger partial charge in [0.1, 0.15) is 5.76 Å². The summed E-state index contributed by atoms with van der Waals surface area (Å²) in [6.45, 7) is 17.5. The Morgan fingerprint density at radius 3 is 2.03 bits per heavy atom. The first-order chi connectivity index (χ1) is 14.7. The van der Waals surface area contributed by atoms with Gasteiger partial charge in [-0.1, -0.05) is 79.7 Å². The van der Waals surface area contributed by atoms with Gasteiger partial charge in [-0.15, -0.1) is 34.9 Å². The predicted molar refractivity (Wildman–Crippen MR) is 135 cm³/mol. The zero-order valence-electron chi connectivity index (χ0n) is 21.3. The van der Waals surface area contributed by atoms with Crippen LogP contribution in [0, 0.1) is 37.7 Å². The Morgan fingerprint density at radius 2 is 1.48 bits per heavy atom. The first kappa shape index (κ1) is 28.7. The molecule has 0 spiro atoms. The molecule has 1 heterocycles. The van der Waals surface area contributed by atoms with E-state index < -0.39 is 5.41 Å². The van der Waals surface area contributed by atoms with Crippen LogP contribution in [-0.2, 0) is 24.9 Å². The second-order valence-corrected chi connectivity index (χ2v) is 10.4. The summed E-state index contributed by atoms with van der Waals surface area (Å²) in [5.74, 6) is 0.104. The average Bonchev–Trinajstić information content (AvgIpc) is 2.70. The second kappa shape index (κ2) is 11.2. The molecular formula is C29H36IrNO2-. The number of hydrogen-bond acceptors (Lipinski definition) is 3. The fourth-order valence-electron chi connectivity index (χ4n) is 3.02. The van der Waals surface area contributed by atoms with Crippen LogP contribution in [0.2, 0.25) is 0 Å². The molecular weight excluding hydrogens is 587 g/mol. The first-order valence-corrected chi connectivity index (χ1v) is 11.0. The Bertz CT molecular complexity index is 1150. The third-order valence-electron chi connectivity index (χ3n) is 5.53. The number of rotatable bonds is 2. The van der Waals surface area contributed by atoms with Crippen molar-refractivity contribution in [2.45, 2.75) is 62.3 Å². The van der Waals surface area contributed by atoms with Crippen molar-refractivity contribution in [1.82, 2.24) is 4.98 Å². The normalized spacial score (nSPS) is 12.0. The molecule has 0 bridgehead atoms. The molecule has 0 unspecified atom stereocenters. The van der Waals surface area contributed by atoms with Gasteiger partial charge in [0.05, 0.1) is 0 Å². The van der Waals surface area contributed by atoms with Crippen molar-refractivity contribution in [3.63, 3.8) is 0 Å². The zero-order chi connectivity index (χ0) is 24.3. The minimum atomic E-state index is -0.417. The van der Waals surface area contributed by atoms with E-state index >= 15 is 0 Å². The van der Waals surface area contributed by atoms with E-state index in [1.54, 1.807) is 0 Å². The summed E-state index contributed by atoms with van der Waals surface area (Å²) in [6, 6.07) is 15.9. The van der Waals surface area contributed by atoms with Crippen LogP contribution >= 0.6 is 0 Å². The van der Waals surface area contributed by atoms with Gasteiger partial charge in [-0.3, -0.25) is 4.79 Å². The predicted octanol–water partition coefficient (Wildman–Crippen LogP) is 7.71. The van der Waals surface area contributed by atoms with E-state index in [2.05, 4.69) is 62.2 Å². The molecule has 0 aliphatic rings. The van der Waals surface area contributed by atoms with E-state index in [0.717, 1.165) is 11.3 Å². The number of nitrogens with zero attached hydrogens (tertiary/aromatic N) is 1. The molecule has 0 saturated carbocycles. The maximum Gasteiger partial charge on any atom is 0.164 e. The van der Waals surface area contributed by atoms with Crippen molar-refractivity contribution in [3.05, 3.63) is 77.2 Å². The van der Waals surface area contributed by atoms with E-state index in [9.17, 15) is 9.90 Å². The Hall–Kier alpha value is -2.29. The molecule has 1 N–H and O–H groups in total. The minimum absolute atomic E-state index is 0. The number of benzene rings is 2. The van der Waals surface area contributed by atoms with Crippen molar-refractivity contribution < 1.29 is 30.0 Å². The fraction of sp³-hybridized carbons (Fsp3) is 0.379. The SMILES string of the molecule is CC(C)(C)C(=O)/C=C(\O)C(C)(C)C.Cc1cc[c-]c(-c2ncc(C)c3ccccc23)c1C.[Ir]. The summed E-state index contributed by atoms with van der Waals surface area (Å²) in [5, 5.41) is 12.0. The van der Waals surface area contributed by atoms with Gasteiger partial charge in [0.15, 0.2) is 5.78 Å². The van der Waals surface area contributed by atoms with E-state index in [4.69, 9.17) is 0 Å². The van der Waals surface area contributed by atoms with Gasteiger partial charge in [0, 0.05) is 43.2 Å². The molecule has 0 atom stereocenters. The quantitative estimate of drug-likeness (QED) is 0.181. The van der Waals surface area contributed by atoms with Gasteiger partial charge in [-0.25, -0.2) is 0 Å². The summed E-state index contributed by atoms with van der Waals surface area (Å²) in [6.07, 6.45) is 3.28. The molecule has 2 aromatic carbocycles. The molecule has 0 aliphatic heterocycles. The smallest absolute Gasteiger partial charge is 0.164 e. The number of pyridine rings is 1. The van der Waals surface area contributed by atoms with Crippen LogP contribution in [0.25, 0.3) is 22.0 Å². The van der Waals surface area contributed by atoms with Crippen LogP contribution < -0.4 is 0 Å². The third kappa shape index (κ3) is 7.35. The summed E-state index contributed by atoms with van der Waals surface area (Å²) >= 11 is 0. The number of carbonyl (C=O) groups excluding carboxylic acids is 1. The van der Waals surface area contributed by atoms with Gasteiger partial charge >= 0.3 is 0 Å². The topological polar surface area (TPSA) is 50.2 Å². The molecule has 179 valence electrons. The molecule has 4 heteroatoms. The van der Waals surface area contributed by atoms with E-state index in [1.165, 1.54) is 33.5 Å². The van der Waals surface area contributed by atoms with Crippen molar-refractivity contribution in [2.75, 3.05) is 0 Å². The Balaban J connectivity index is 0.000000346. The number of fused-ring (bicyclic) bond motifs is 1. The van der Waals surface area contributed by atoms with Crippen LogP contribution in [0.5, 0.6) is 0 Å². The van der Waals surface area contributed by atoms with Gasteiger partial charge in [-0.2, -0.15) is 0 Å². The van der Waals surface area contributed by atoms with Crippen molar-refractivity contribution >= 4 is 16.6 Å². The van der Waals surface area contributed by atoms with Gasteiger partial charge in [-0.05, 0) is 29.0 Å². The monoisotopic (exact) mass is 623 g/mol. The Morgan fingerprint density at radius 1 is 0.909 bits per heavy atom. The Kier molecular flexibility index (Phi) is 9.78. The molecule has 0 amide bonds. The largest absolute Gasteiger partial charge is 0.512 e. The number of aryl methyl sites for hydroxylation is 2. The molecule has 1 aromatic heterocycles. The standard InChI is InChI=1S/C18H16N.C11H20O2.Ir/c1-12-7-6-10-16(14(12)3)18-17-9-5-4-8-15(17)13(2)11-19-18;1-10(2,3)8(12)7-9(13)11(4,5)6;/h4-9,11H,1-3H3;7,12H,1-6H3;/q-1;;/b;8-7-;. The average molecular weight is 623 g/mol. The Labute approximate surface area is 212 Å². The number of aliphatic hydroxyl groups excluding tert-OH is 1. The maximum absolute atomic E-state index is 11.5. The summed E-state index contributed by atoms with van der Waals surface area (Å²) < 4.78 is 0. The molecule has 1 radical (unpaired) electrons. The van der Waals surface area contributed by atoms with Crippen molar-refractivity contribution in [1.29, 1.82) is 0 Å². The number of ketones is 1. The molecule has 3 rings (SSSR count). The summed E-state index contributed by atoms with van der Waals surface area (Å²) in [7, 11) is 0. The molecule has 0 aliphatic carbocycles. The second-order valence-electron chi connectivity index (χ2n) is 10.4. The van der Waals surface area contributed by atoms with Crippen LogP contribution in [0.3, 0.4) is 0 Å². The molecule has 3 aromatic rings. The molecule has 3 nitrogen and oxygen atoms in total. The maximum atomic E-state index is 11.5. The van der Waals surface area contributed by atoms with Crippen molar-refractivity contribution in [3.8, 4) is 11.3 Å². The minimum Gasteiger partial charge on any atom is -0.512 e. The molecule has 33 heavy (non-hydrogen) atoms. The van der Waals surface area contributed by atoms with E-state index in [-0.39, 0.29) is 37.1 Å². The first-order valence-electron chi connectivity index (χ1n) is 11.0. The number of hydrogen-bond donors (Lipinski definition) is 1. The van der Waals surface area contributed by atoms with Gasteiger partial charge < -0.3 is 10.1 Å². The van der Waals surface area contributed by atoms with Crippen LogP contribution in [0.1, 0.15) is 58.2 Å². The molecule has 0 saturated heterocycles. The molecule has 0 fully saturated rings. The number of aliphatic hydroxyl groups is 1.